The fourth-order valence-corrected chi connectivity index (χ4v) is 2.64. The van der Waals surface area contributed by atoms with Gasteiger partial charge >= 0.3 is 0 Å². The molecule has 1 amide bonds. The van der Waals surface area contributed by atoms with E-state index < -0.39 is 0 Å². The summed E-state index contributed by atoms with van der Waals surface area (Å²) in [4.78, 5) is 18.8. The number of amides is 1. The number of carbonyl (C=O) groups excluding carboxylic acids is 1. The number of ether oxygens (including phenoxy) is 1. The molecule has 0 unspecified atom stereocenters. The van der Waals surface area contributed by atoms with Crippen molar-refractivity contribution in [3.05, 3.63) is 52.4 Å². The molecule has 1 fully saturated rings. The number of carbonyl (C=O) groups is 1. The third kappa shape index (κ3) is 3.32. The minimum absolute atomic E-state index is 0.0129. The van der Waals surface area contributed by atoms with Crippen molar-refractivity contribution < 1.29 is 9.53 Å². The second kappa shape index (κ2) is 6.41. The summed E-state index contributed by atoms with van der Waals surface area (Å²) in [5.74, 6) is 0.464. The Bertz CT molecular complexity index is 711. The maximum atomic E-state index is 11.9. The molecule has 3 heterocycles. The van der Waals surface area contributed by atoms with E-state index in [0.717, 1.165) is 4.88 Å². The van der Waals surface area contributed by atoms with Crippen LogP contribution in [0.5, 0.6) is 5.88 Å². The molecule has 1 aliphatic rings. The van der Waals surface area contributed by atoms with E-state index in [1.807, 2.05) is 29.7 Å². The van der Waals surface area contributed by atoms with Crippen LogP contribution in [0.1, 0.15) is 10.4 Å². The molecular weight excluding hydrogens is 298 g/mol. The van der Waals surface area contributed by atoms with Crippen LogP contribution in [0.3, 0.4) is 0 Å². The van der Waals surface area contributed by atoms with Gasteiger partial charge in [0.2, 0.25) is 11.8 Å². The Labute approximate surface area is 132 Å². The van der Waals surface area contributed by atoms with Crippen molar-refractivity contribution in [2.75, 3.05) is 13.1 Å². The number of pyridine rings is 1. The van der Waals surface area contributed by atoms with E-state index in [1.54, 1.807) is 34.4 Å². The Morgan fingerprint density at radius 1 is 1.45 bits per heavy atom. The van der Waals surface area contributed by atoms with E-state index in [4.69, 9.17) is 10.00 Å². The van der Waals surface area contributed by atoms with Crippen molar-refractivity contribution in [1.82, 2.24) is 9.88 Å². The molecule has 110 valence electrons. The van der Waals surface area contributed by atoms with Gasteiger partial charge in [0, 0.05) is 23.2 Å². The summed E-state index contributed by atoms with van der Waals surface area (Å²) in [5.41, 5.74) is 0.497. The van der Waals surface area contributed by atoms with Gasteiger partial charge < -0.3 is 9.64 Å². The van der Waals surface area contributed by atoms with Crippen molar-refractivity contribution in [2.24, 2.45) is 0 Å². The van der Waals surface area contributed by atoms with Gasteiger partial charge in [0.15, 0.2) is 0 Å². The van der Waals surface area contributed by atoms with Gasteiger partial charge in [-0.25, -0.2) is 4.98 Å². The first kappa shape index (κ1) is 14.3. The topological polar surface area (TPSA) is 66.2 Å². The number of hydrogen-bond donors (Lipinski definition) is 0. The quantitative estimate of drug-likeness (QED) is 0.813. The first-order valence-electron chi connectivity index (χ1n) is 6.78. The predicted molar refractivity (Wildman–Crippen MR) is 83.3 cm³/mol. The summed E-state index contributed by atoms with van der Waals surface area (Å²) in [6.07, 6.45) is 4.84. The third-order valence-electron chi connectivity index (χ3n) is 3.25. The third-order valence-corrected chi connectivity index (χ3v) is 4.08. The molecule has 6 heteroatoms. The van der Waals surface area contributed by atoms with Gasteiger partial charge in [-0.2, -0.15) is 5.26 Å². The largest absolute Gasteiger partial charge is 0.471 e. The lowest BCUT2D eigenvalue weighted by atomic mass is 10.1. The monoisotopic (exact) mass is 311 g/mol. The lowest BCUT2D eigenvalue weighted by Crippen LogP contribution is -2.55. The second-order valence-electron chi connectivity index (χ2n) is 4.83. The van der Waals surface area contributed by atoms with Crippen LogP contribution in [-0.2, 0) is 4.79 Å². The summed E-state index contributed by atoms with van der Waals surface area (Å²) < 4.78 is 5.64. The summed E-state index contributed by atoms with van der Waals surface area (Å²) in [6, 6.07) is 9.25. The zero-order valence-electron chi connectivity index (χ0n) is 11.7. The molecule has 0 bridgehead atoms. The SMILES string of the molecule is N#Cc1ccc(OC2CN(C(=O)/C=C/c3cccs3)C2)nc1. The number of rotatable bonds is 4. The first-order chi connectivity index (χ1) is 10.7. The van der Waals surface area contributed by atoms with Crippen LogP contribution >= 0.6 is 11.3 Å². The molecule has 0 spiro atoms. The van der Waals surface area contributed by atoms with E-state index in [-0.39, 0.29) is 12.0 Å². The standard InChI is InChI=1S/C16H13N3O2S/c17-8-12-3-5-15(18-9-12)21-13-10-19(11-13)16(20)6-4-14-2-1-7-22-14/h1-7,9,13H,10-11H2/b6-4+. The van der Waals surface area contributed by atoms with Crippen molar-refractivity contribution in [3.8, 4) is 11.9 Å². The number of aromatic nitrogens is 1. The minimum atomic E-state index is -0.0421. The van der Waals surface area contributed by atoms with Crippen LogP contribution in [0.25, 0.3) is 6.08 Å². The van der Waals surface area contributed by atoms with Crippen LogP contribution in [0, 0.1) is 11.3 Å². The van der Waals surface area contributed by atoms with Crippen molar-refractivity contribution >= 4 is 23.3 Å². The van der Waals surface area contributed by atoms with Crippen LogP contribution in [0.2, 0.25) is 0 Å². The molecule has 2 aromatic heterocycles. The summed E-state index contributed by atoms with van der Waals surface area (Å²) in [5, 5.41) is 10.7. The van der Waals surface area contributed by atoms with E-state index in [2.05, 4.69) is 4.98 Å². The van der Waals surface area contributed by atoms with Gasteiger partial charge in [0.25, 0.3) is 0 Å². The van der Waals surface area contributed by atoms with Gasteiger partial charge in [-0.3, -0.25) is 4.79 Å². The molecule has 0 saturated carbocycles. The highest BCUT2D eigenvalue weighted by Gasteiger charge is 2.31. The molecular formula is C16H13N3O2S. The Morgan fingerprint density at radius 3 is 2.95 bits per heavy atom. The molecule has 22 heavy (non-hydrogen) atoms. The lowest BCUT2D eigenvalue weighted by molar-refractivity contribution is -0.134. The smallest absolute Gasteiger partial charge is 0.246 e. The van der Waals surface area contributed by atoms with E-state index in [9.17, 15) is 4.79 Å². The van der Waals surface area contributed by atoms with Crippen molar-refractivity contribution in [3.63, 3.8) is 0 Å². The Balaban J connectivity index is 1.47. The molecule has 0 radical (unpaired) electrons. The molecule has 1 saturated heterocycles. The van der Waals surface area contributed by atoms with Crippen LogP contribution in [0.4, 0.5) is 0 Å². The maximum absolute atomic E-state index is 11.9. The van der Waals surface area contributed by atoms with Gasteiger partial charge in [-0.1, -0.05) is 6.07 Å². The van der Waals surface area contributed by atoms with Crippen molar-refractivity contribution in [2.45, 2.75) is 6.10 Å². The van der Waals surface area contributed by atoms with Crippen molar-refractivity contribution in [1.29, 1.82) is 5.26 Å². The van der Waals surface area contributed by atoms with Gasteiger partial charge in [0.05, 0.1) is 18.7 Å². The highest BCUT2D eigenvalue weighted by atomic mass is 32.1. The zero-order chi connectivity index (χ0) is 15.4. The number of hydrogen-bond acceptors (Lipinski definition) is 5. The predicted octanol–water partition coefficient (Wildman–Crippen LogP) is 2.32. The lowest BCUT2D eigenvalue weighted by Gasteiger charge is -2.38. The van der Waals surface area contributed by atoms with Crippen LogP contribution in [0.15, 0.2) is 41.9 Å². The molecule has 5 nitrogen and oxygen atoms in total. The number of nitrogens with zero attached hydrogens (tertiary/aromatic N) is 3. The molecule has 0 aliphatic carbocycles. The summed E-state index contributed by atoms with van der Waals surface area (Å²) in [6.45, 7) is 1.10. The highest BCUT2D eigenvalue weighted by molar-refractivity contribution is 7.10. The van der Waals surface area contributed by atoms with E-state index in [0.29, 0.717) is 24.5 Å². The van der Waals surface area contributed by atoms with Gasteiger partial charge in [-0.05, 0) is 23.6 Å². The maximum Gasteiger partial charge on any atom is 0.246 e. The minimum Gasteiger partial charge on any atom is -0.471 e. The second-order valence-corrected chi connectivity index (χ2v) is 5.81. The first-order valence-corrected chi connectivity index (χ1v) is 7.66. The Kier molecular flexibility index (Phi) is 4.17. The van der Waals surface area contributed by atoms with E-state index >= 15 is 0 Å². The van der Waals surface area contributed by atoms with Crippen LogP contribution < -0.4 is 4.74 Å². The Morgan fingerprint density at radius 2 is 2.32 bits per heavy atom. The molecule has 1 aliphatic heterocycles. The normalized spacial score (nSPS) is 14.6. The number of nitriles is 1. The molecule has 2 aromatic rings. The zero-order valence-corrected chi connectivity index (χ0v) is 12.5. The van der Waals surface area contributed by atoms with Gasteiger partial charge in [-0.15, -0.1) is 11.3 Å². The molecule has 0 aromatic carbocycles. The molecule has 0 N–H and O–H groups in total. The summed E-state index contributed by atoms with van der Waals surface area (Å²) >= 11 is 1.59. The fourth-order valence-electron chi connectivity index (χ4n) is 2.02. The molecule has 3 rings (SSSR count). The number of thiophene rings is 1. The van der Waals surface area contributed by atoms with Crippen LogP contribution in [-0.4, -0.2) is 35.0 Å². The average Bonchev–Trinajstić information content (AvgIpc) is 3.02. The average molecular weight is 311 g/mol. The summed E-state index contributed by atoms with van der Waals surface area (Å²) in [7, 11) is 0. The Hall–Kier alpha value is -2.65. The fraction of sp³-hybridized carbons (Fsp3) is 0.188. The molecule has 0 atom stereocenters. The number of likely N-dealkylation sites (tertiary alicyclic amines) is 1. The van der Waals surface area contributed by atoms with E-state index in [1.165, 1.54) is 6.20 Å². The highest BCUT2D eigenvalue weighted by Crippen LogP contribution is 2.17. The van der Waals surface area contributed by atoms with Gasteiger partial charge in [0.1, 0.15) is 12.2 Å².